The van der Waals surface area contributed by atoms with Crippen molar-refractivity contribution in [1.29, 1.82) is 0 Å². The van der Waals surface area contributed by atoms with E-state index in [2.05, 4.69) is 15.5 Å². The molecule has 2 N–H and O–H groups in total. The van der Waals surface area contributed by atoms with Gasteiger partial charge in [0, 0.05) is 36.8 Å². The van der Waals surface area contributed by atoms with Crippen molar-refractivity contribution in [2.75, 3.05) is 12.4 Å². The van der Waals surface area contributed by atoms with Crippen LogP contribution in [0, 0.1) is 12.7 Å². The Bertz CT molecular complexity index is 1070. The number of nitrogens with one attached hydrogen (secondary N) is 2. The van der Waals surface area contributed by atoms with Crippen molar-refractivity contribution in [2.24, 2.45) is 0 Å². The van der Waals surface area contributed by atoms with Crippen LogP contribution in [0.2, 0.25) is 0 Å². The number of fused-ring (bicyclic) bond motifs is 1. The lowest BCUT2D eigenvalue weighted by Gasteiger charge is -2.19. The second-order valence-corrected chi connectivity index (χ2v) is 7.36. The van der Waals surface area contributed by atoms with Crippen molar-refractivity contribution < 1.29 is 14.0 Å². The van der Waals surface area contributed by atoms with Gasteiger partial charge in [-0.3, -0.25) is 14.7 Å². The highest BCUT2D eigenvalue weighted by Gasteiger charge is 2.33. The van der Waals surface area contributed by atoms with Crippen LogP contribution in [0.4, 0.5) is 10.1 Å². The summed E-state index contributed by atoms with van der Waals surface area (Å²) in [4.78, 5) is 26.8. The van der Waals surface area contributed by atoms with Crippen LogP contribution in [0.5, 0.6) is 0 Å². The van der Waals surface area contributed by atoms with Crippen molar-refractivity contribution in [3.63, 3.8) is 0 Å². The molecule has 3 aromatic rings. The molecule has 1 unspecified atom stereocenters. The average Bonchev–Trinajstić information content (AvgIpc) is 3.27. The van der Waals surface area contributed by atoms with Crippen molar-refractivity contribution in [3.05, 3.63) is 71.2 Å². The number of aryl methyl sites for hydroxylation is 1. The zero-order chi connectivity index (χ0) is 20.5. The minimum Gasteiger partial charge on any atom is -0.341 e. The first-order chi connectivity index (χ1) is 13.9. The van der Waals surface area contributed by atoms with Gasteiger partial charge in [-0.1, -0.05) is 17.7 Å². The lowest BCUT2D eigenvalue weighted by atomic mass is 9.95. The monoisotopic (exact) mass is 392 g/mol. The van der Waals surface area contributed by atoms with Gasteiger partial charge in [-0.2, -0.15) is 5.10 Å². The molecule has 0 radical (unpaired) electrons. The van der Waals surface area contributed by atoms with E-state index in [0.29, 0.717) is 6.54 Å². The Morgan fingerprint density at radius 2 is 1.97 bits per heavy atom. The van der Waals surface area contributed by atoms with Crippen LogP contribution in [-0.4, -0.2) is 34.0 Å². The van der Waals surface area contributed by atoms with Gasteiger partial charge in [0.2, 0.25) is 11.8 Å². The van der Waals surface area contributed by atoms with Crippen molar-refractivity contribution in [3.8, 4) is 11.3 Å². The number of aromatic nitrogens is 2. The molecule has 1 atom stereocenters. The number of benzene rings is 2. The maximum absolute atomic E-state index is 13.2. The van der Waals surface area contributed by atoms with Crippen LogP contribution in [0.25, 0.3) is 11.3 Å². The summed E-state index contributed by atoms with van der Waals surface area (Å²) in [6, 6.07) is 11.9. The van der Waals surface area contributed by atoms with Gasteiger partial charge >= 0.3 is 0 Å². The smallest absolute Gasteiger partial charge is 0.232 e. The molecule has 1 aliphatic heterocycles. The third-order valence-electron chi connectivity index (χ3n) is 5.22. The largest absolute Gasteiger partial charge is 0.341 e. The molecule has 29 heavy (non-hydrogen) atoms. The number of hydrogen-bond donors (Lipinski definition) is 2. The summed E-state index contributed by atoms with van der Waals surface area (Å²) in [7, 11) is 1.70. The predicted octanol–water partition coefficient (Wildman–Crippen LogP) is 3.61. The number of hydrogen-bond acceptors (Lipinski definition) is 3. The Kier molecular flexibility index (Phi) is 4.88. The quantitative estimate of drug-likeness (QED) is 0.696. The fourth-order valence-electron chi connectivity index (χ4n) is 3.62. The maximum Gasteiger partial charge on any atom is 0.232 e. The average molecular weight is 392 g/mol. The molecule has 1 aliphatic rings. The molecule has 0 spiro atoms. The van der Waals surface area contributed by atoms with Crippen LogP contribution in [0.3, 0.4) is 0 Å². The van der Waals surface area contributed by atoms with Crippen molar-refractivity contribution in [2.45, 2.75) is 25.8 Å². The Balaban J connectivity index is 1.48. The van der Waals surface area contributed by atoms with Crippen molar-refractivity contribution >= 4 is 17.5 Å². The van der Waals surface area contributed by atoms with Crippen LogP contribution < -0.4 is 5.32 Å². The number of carbonyl (C=O) groups is 2. The molecule has 2 heterocycles. The third-order valence-corrected chi connectivity index (χ3v) is 5.22. The highest BCUT2D eigenvalue weighted by atomic mass is 19.1. The summed E-state index contributed by atoms with van der Waals surface area (Å²) in [5.41, 5.74) is 5.04. The van der Waals surface area contributed by atoms with E-state index in [1.54, 1.807) is 30.3 Å². The van der Waals surface area contributed by atoms with E-state index in [-0.39, 0.29) is 24.1 Å². The highest BCUT2D eigenvalue weighted by Crippen LogP contribution is 2.35. The van der Waals surface area contributed by atoms with E-state index in [1.807, 2.05) is 25.1 Å². The number of halogens is 1. The molecule has 0 bridgehead atoms. The molecule has 6 nitrogen and oxygen atoms in total. The fraction of sp³-hybridized carbons (Fsp3) is 0.227. The van der Waals surface area contributed by atoms with E-state index < -0.39 is 5.92 Å². The van der Waals surface area contributed by atoms with Crippen molar-refractivity contribution in [1.82, 2.24) is 15.1 Å². The van der Waals surface area contributed by atoms with Gasteiger partial charge in [-0.15, -0.1) is 0 Å². The van der Waals surface area contributed by atoms with Crippen LogP contribution in [-0.2, 0) is 16.1 Å². The van der Waals surface area contributed by atoms with Crippen LogP contribution in [0.1, 0.15) is 29.0 Å². The van der Waals surface area contributed by atoms with Gasteiger partial charge < -0.3 is 10.2 Å². The van der Waals surface area contributed by atoms with Gasteiger partial charge in [0.25, 0.3) is 0 Å². The summed E-state index contributed by atoms with van der Waals surface area (Å²) < 4.78 is 13.2. The summed E-state index contributed by atoms with van der Waals surface area (Å²) in [6.45, 7) is 2.29. The minimum absolute atomic E-state index is 0.0997. The Morgan fingerprint density at radius 1 is 1.21 bits per heavy atom. The maximum atomic E-state index is 13.2. The van der Waals surface area contributed by atoms with E-state index in [0.717, 1.165) is 33.6 Å². The standard InChI is InChI=1S/C22H21FN4O2/c1-13-3-8-19-17(9-13)18(22(29)25-19)10-20(28)27(2)12-15-11-24-26-21(15)14-4-6-16(23)7-5-14/h3-9,11,18H,10,12H2,1-2H3,(H,24,26)(H,25,29). The normalized spacial score (nSPS) is 15.1. The van der Waals surface area contributed by atoms with Gasteiger partial charge in [0.15, 0.2) is 0 Å². The molecule has 1 aromatic heterocycles. The first kappa shape index (κ1) is 18.9. The number of nitrogens with zero attached hydrogens (tertiary/aromatic N) is 2. The topological polar surface area (TPSA) is 78.1 Å². The van der Waals surface area contributed by atoms with Gasteiger partial charge in [-0.25, -0.2) is 4.39 Å². The number of anilines is 1. The van der Waals surface area contributed by atoms with E-state index in [4.69, 9.17) is 0 Å². The number of aromatic amines is 1. The first-order valence-electron chi connectivity index (χ1n) is 9.36. The molecule has 0 fully saturated rings. The number of H-pyrrole nitrogens is 1. The number of amides is 2. The van der Waals surface area contributed by atoms with E-state index in [9.17, 15) is 14.0 Å². The minimum atomic E-state index is -0.485. The lowest BCUT2D eigenvalue weighted by Crippen LogP contribution is -2.29. The summed E-state index contributed by atoms with van der Waals surface area (Å²) in [5.74, 6) is -1.08. The second kappa shape index (κ2) is 7.50. The predicted molar refractivity (Wildman–Crippen MR) is 108 cm³/mol. The molecular weight excluding hydrogens is 371 g/mol. The lowest BCUT2D eigenvalue weighted by molar-refractivity contribution is -0.132. The third kappa shape index (κ3) is 3.76. The molecule has 4 rings (SSSR count). The SMILES string of the molecule is Cc1ccc2c(c1)C(CC(=O)N(C)Cc1cn[nH]c1-c1ccc(F)cc1)C(=O)N2. The second-order valence-electron chi connectivity index (χ2n) is 7.36. The van der Waals surface area contributed by atoms with Crippen LogP contribution in [0.15, 0.2) is 48.7 Å². The summed E-state index contributed by atoms with van der Waals surface area (Å²) in [5, 5.41) is 9.82. The molecule has 0 saturated carbocycles. The molecular formula is C22H21FN4O2. The van der Waals surface area contributed by atoms with E-state index >= 15 is 0 Å². The number of carbonyl (C=O) groups excluding carboxylic acids is 2. The zero-order valence-electron chi connectivity index (χ0n) is 16.2. The van der Waals surface area contributed by atoms with Gasteiger partial charge in [0.1, 0.15) is 5.82 Å². The molecule has 0 saturated heterocycles. The number of rotatable bonds is 5. The summed E-state index contributed by atoms with van der Waals surface area (Å²) >= 11 is 0. The highest BCUT2D eigenvalue weighted by molar-refractivity contribution is 6.05. The fourth-order valence-corrected chi connectivity index (χ4v) is 3.62. The van der Waals surface area contributed by atoms with Gasteiger partial charge in [0.05, 0.1) is 17.8 Å². The Morgan fingerprint density at radius 3 is 2.72 bits per heavy atom. The Labute approximate surface area is 167 Å². The molecule has 2 aromatic carbocycles. The molecule has 2 amide bonds. The van der Waals surface area contributed by atoms with Gasteiger partial charge in [-0.05, 0) is 42.8 Å². The summed E-state index contributed by atoms with van der Waals surface area (Å²) in [6.07, 6.45) is 1.76. The van der Waals surface area contributed by atoms with E-state index in [1.165, 1.54) is 12.1 Å². The first-order valence-corrected chi connectivity index (χ1v) is 9.36. The molecule has 7 heteroatoms. The molecule has 0 aliphatic carbocycles. The van der Waals surface area contributed by atoms with Crippen LogP contribution >= 0.6 is 0 Å². The molecule has 148 valence electrons. The Hall–Kier alpha value is -3.48. The zero-order valence-corrected chi connectivity index (χ0v) is 16.2.